The molecule has 2 aromatic carbocycles. The second-order valence-electron chi connectivity index (χ2n) is 8.46. The van der Waals surface area contributed by atoms with Crippen molar-refractivity contribution in [1.82, 2.24) is 9.88 Å². The third kappa shape index (κ3) is 4.95. The number of hydrogen-bond donors (Lipinski definition) is 1. The van der Waals surface area contributed by atoms with Crippen LogP contribution in [0.2, 0.25) is 0 Å². The molecule has 0 saturated carbocycles. The second kappa shape index (κ2) is 9.69. The van der Waals surface area contributed by atoms with E-state index in [4.69, 9.17) is 4.74 Å². The summed E-state index contributed by atoms with van der Waals surface area (Å²) in [5, 5.41) is 10.7. The number of aromatic nitrogens is 1. The first-order chi connectivity index (χ1) is 15.9. The lowest BCUT2D eigenvalue weighted by atomic mass is 9.92. The van der Waals surface area contributed by atoms with Crippen LogP contribution in [0, 0.1) is 5.92 Å². The number of rotatable bonds is 8. The molecule has 0 bridgehead atoms. The average Bonchev–Trinajstić information content (AvgIpc) is 3.05. The molecule has 4 rings (SSSR count). The summed E-state index contributed by atoms with van der Waals surface area (Å²) in [7, 11) is 0. The number of aliphatic hydroxyl groups is 1. The third-order valence-electron chi connectivity index (χ3n) is 5.45. The zero-order valence-electron chi connectivity index (χ0n) is 18.6. The molecule has 0 radical (unpaired) electrons. The highest BCUT2D eigenvalue weighted by atomic mass is 16.5. The number of hydrogen-bond acceptors (Lipinski definition) is 5. The van der Waals surface area contributed by atoms with Crippen LogP contribution >= 0.6 is 0 Å². The molecule has 1 N–H and O–H groups in total. The van der Waals surface area contributed by atoms with Crippen LogP contribution < -0.4 is 4.74 Å². The quantitative estimate of drug-likeness (QED) is 0.506. The minimum Gasteiger partial charge on any atom is -0.503 e. The SMILES string of the molecule is CC(C)CC(=O)C1=C(O)C(=O)N(Cc2ccncc2)C1c1cccc(Oc2ccccc2)c1. The molecule has 2 heterocycles. The maximum Gasteiger partial charge on any atom is 0.290 e. The number of carbonyl (C=O) groups is 2. The fourth-order valence-electron chi connectivity index (χ4n) is 3.99. The van der Waals surface area contributed by atoms with Crippen LogP contribution in [0.4, 0.5) is 0 Å². The Balaban J connectivity index is 1.73. The van der Waals surface area contributed by atoms with Crippen LogP contribution in [0.25, 0.3) is 0 Å². The van der Waals surface area contributed by atoms with Crippen molar-refractivity contribution in [2.75, 3.05) is 0 Å². The lowest BCUT2D eigenvalue weighted by molar-refractivity contribution is -0.130. The van der Waals surface area contributed by atoms with E-state index in [1.165, 1.54) is 4.90 Å². The molecule has 0 saturated heterocycles. The predicted octanol–water partition coefficient (Wildman–Crippen LogP) is 5.38. The zero-order chi connectivity index (χ0) is 23.4. The molecule has 33 heavy (non-hydrogen) atoms. The number of ether oxygens (including phenoxy) is 1. The van der Waals surface area contributed by atoms with Gasteiger partial charge in [0.2, 0.25) is 0 Å². The largest absolute Gasteiger partial charge is 0.503 e. The molecule has 1 atom stereocenters. The van der Waals surface area contributed by atoms with Crippen molar-refractivity contribution in [3.05, 3.63) is 102 Å². The number of aliphatic hydroxyl groups excluding tert-OH is 1. The van der Waals surface area contributed by atoms with Crippen LogP contribution in [0.5, 0.6) is 11.5 Å². The minimum atomic E-state index is -0.712. The Kier molecular flexibility index (Phi) is 6.54. The molecule has 168 valence electrons. The Hall–Kier alpha value is -3.93. The van der Waals surface area contributed by atoms with Crippen molar-refractivity contribution in [3.8, 4) is 11.5 Å². The van der Waals surface area contributed by atoms with Crippen molar-refractivity contribution in [2.45, 2.75) is 32.9 Å². The van der Waals surface area contributed by atoms with Crippen molar-refractivity contribution >= 4 is 11.7 Å². The lowest BCUT2D eigenvalue weighted by Crippen LogP contribution is -2.30. The van der Waals surface area contributed by atoms with Crippen LogP contribution in [0.1, 0.15) is 37.4 Å². The van der Waals surface area contributed by atoms with E-state index in [2.05, 4.69) is 4.98 Å². The monoisotopic (exact) mass is 442 g/mol. The van der Waals surface area contributed by atoms with Crippen LogP contribution in [-0.4, -0.2) is 26.7 Å². The number of pyridine rings is 1. The summed E-state index contributed by atoms with van der Waals surface area (Å²) in [4.78, 5) is 31.8. The number of Topliss-reactive ketones (excluding diaryl/α,β-unsaturated/α-hetero) is 1. The van der Waals surface area contributed by atoms with Gasteiger partial charge in [-0.3, -0.25) is 14.6 Å². The van der Waals surface area contributed by atoms with Crippen LogP contribution in [0.3, 0.4) is 0 Å². The fourth-order valence-corrected chi connectivity index (χ4v) is 3.99. The number of ketones is 1. The Morgan fingerprint density at radius 1 is 1.03 bits per heavy atom. The first-order valence-electron chi connectivity index (χ1n) is 10.9. The Bertz CT molecular complexity index is 1170. The summed E-state index contributed by atoms with van der Waals surface area (Å²) >= 11 is 0. The van der Waals surface area contributed by atoms with Crippen molar-refractivity contribution in [2.24, 2.45) is 5.92 Å². The molecule has 1 amide bonds. The van der Waals surface area contributed by atoms with Gasteiger partial charge in [-0.25, -0.2) is 0 Å². The van der Waals surface area contributed by atoms with Gasteiger partial charge >= 0.3 is 0 Å². The molecule has 1 aliphatic rings. The van der Waals surface area contributed by atoms with Gasteiger partial charge in [-0.2, -0.15) is 0 Å². The van der Waals surface area contributed by atoms with Gasteiger partial charge in [0, 0.05) is 25.4 Å². The molecule has 0 fully saturated rings. The fraction of sp³-hybridized carbons (Fsp3) is 0.222. The highest BCUT2D eigenvalue weighted by Gasteiger charge is 2.43. The molecule has 1 unspecified atom stereocenters. The summed E-state index contributed by atoms with van der Waals surface area (Å²) < 4.78 is 5.97. The number of para-hydroxylation sites is 1. The van der Waals surface area contributed by atoms with E-state index in [0.29, 0.717) is 17.1 Å². The van der Waals surface area contributed by atoms with Crippen molar-refractivity contribution < 1.29 is 19.4 Å². The maximum atomic E-state index is 13.1. The molecule has 1 aromatic heterocycles. The molecule has 1 aliphatic heterocycles. The van der Waals surface area contributed by atoms with Gasteiger partial charge in [-0.1, -0.05) is 44.2 Å². The lowest BCUT2D eigenvalue weighted by Gasteiger charge is -2.27. The Labute approximate surface area is 193 Å². The number of amides is 1. The van der Waals surface area contributed by atoms with Crippen LogP contribution in [-0.2, 0) is 16.1 Å². The van der Waals surface area contributed by atoms with E-state index in [0.717, 1.165) is 5.56 Å². The molecule has 6 nitrogen and oxygen atoms in total. The van der Waals surface area contributed by atoms with Gasteiger partial charge in [-0.05, 0) is 53.4 Å². The van der Waals surface area contributed by atoms with Gasteiger partial charge in [-0.15, -0.1) is 0 Å². The predicted molar refractivity (Wildman–Crippen MR) is 125 cm³/mol. The highest BCUT2D eigenvalue weighted by molar-refractivity contribution is 6.09. The minimum absolute atomic E-state index is 0.0931. The third-order valence-corrected chi connectivity index (χ3v) is 5.45. The number of benzene rings is 2. The van der Waals surface area contributed by atoms with Crippen LogP contribution in [0.15, 0.2) is 90.5 Å². The van der Waals surface area contributed by atoms with E-state index < -0.39 is 17.7 Å². The van der Waals surface area contributed by atoms with Crippen molar-refractivity contribution in [3.63, 3.8) is 0 Å². The van der Waals surface area contributed by atoms with Crippen molar-refractivity contribution in [1.29, 1.82) is 0 Å². The number of nitrogens with zero attached hydrogens (tertiary/aromatic N) is 2. The van der Waals surface area contributed by atoms with Gasteiger partial charge in [0.25, 0.3) is 5.91 Å². The first-order valence-corrected chi connectivity index (χ1v) is 10.9. The average molecular weight is 443 g/mol. The second-order valence-corrected chi connectivity index (χ2v) is 8.46. The molecule has 3 aromatic rings. The van der Waals surface area contributed by atoms with E-state index in [1.807, 2.05) is 80.6 Å². The zero-order valence-corrected chi connectivity index (χ0v) is 18.6. The maximum absolute atomic E-state index is 13.1. The molecule has 0 aliphatic carbocycles. The summed E-state index contributed by atoms with van der Waals surface area (Å²) in [5.74, 6) is 0.0905. The van der Waals surface area contributed by atoms with E-state index >= 15 is 0 Å². The Morgan fingerprint density at radius 3 is 2.42 bits per heavy atom. The smallest absolute Gasteiger partial charge is 0.290 e. The highest BCUT2D eigenvalue weighted by Crippen LogP contribution is 2.40. The van der Waals surface area contributed by atoms with E-state index in [9.17, 15) is 14.7 Å². The molecule has 0 spiro atoms. The summed E-state index contributed by atoms with van der Waals surface area (Å²) in [6.45, 7) is 4.10. The summed E-state index contributed by atoms with van der Waals surface area (Å²) in [6, 6.07) is 19.6. The van der Waals surface area contributed by atoms with E-state index in [-0.39, 0.29) is 30.2 Å². The molecular formula is C27H26N2O4. The molecule has 6 heteroatoms. The first kappa shape index (κ1) is 22.3. The molecular weight excluding hydrogens is 416 g/mol. The van der Waals surface area contributed by atoms with Gasteiger partial charge in [0.15, 0.2) is 11.5 Å². The Morgan fingerprint density at radius 2 is 1.73 bits per heavy atom. The van der Waals surface area contributed by atoms with Gasteiger partial charge in [0.1, 0.15) is 11.5 Å². The van der Waals surface area contributed by atoms with E-state index in [1.54, 1.807) is 12.4 Å². The number of carbonyl (C=O) groups excluding carboxylic acids is 2. The normalized spacial score (nSPS) is 15.9. The van der Waals surface area contributed by atoms with Gasteiger partial charge in [0.05, 0.1) is 11.6 Å². The topological polar surface area (TPSA) is 79.7 Å². The van der Waals surface area contributed by atoms with Gasteiger partial charge < -0.3 is 14.7 Å². The summed E-state index contributed by atoms with van der Waals surface area (Å²) in [6.07, 6.45) is 3.54. The standard InChI is InChI=1S/C27H26N2O4/c1-18(2)15-23(30)24-25(29(27(32)26(24)31)17-19-11-13-28-14-12-19)20-7-6-10-22(16-20)33-21-8-4-3-5-9-21/h3-14,16,18,25,31H,15,17H2,1-2H3. The summed E-state index contributed by atoms with van der Waals surface area (Å²) in [5.41, 5.74) is 1.69.